The maximum Gasteiger partial charge on any atom is 0.338 e. The first kappa shape index (κ1) is 14.4. The van der Waals surface area contributed by atoms with Gasteiger partial charge < -0.3 is 4.74 Å². The number of nitrogens with zero attached hydrogens (tertiary/aromatic N) is 3. The molecule has 0 spiro atoms. The largest absolute Gasteiger partial charge is 0.455 e. The predicted octanol–water partition coefficient (Wildman–Crippen LogP) is 2.12. The Morgan fingerprint density at radius 1 is 1.32 bits per heavy atom. The Bertz CT molecular complexity index is 914. The third-order valence-corrected chi connectivity index (χ3v) is 3.99. The molecule has 0 saturated heterocycles. The number of hydrogen-bond acceptors (Lipinski definition) is 6. The van der Waals surface area contributed by atoms with Crippen molar-refractivity contribution in [3.8, 4) is 0 Å². The van der Waals surface area contributed by atoms with E-state index in [0.29, 0.717) is 21.2 Å². The highest BCUT2D eigenvalue weighted by molar-refractivity contribution is 7.16. The molecule has 3 rings (SSSR count). The van der Waals surface area contributed by atoms with E-state index in [0.717, 1.165) is 5.56 Å². The van der Waals surface area contributed by atoms with Crippen molar-refractivity contribution in [3.05, 3.63) is 62.5 Å². The maximum absolute atomic E-state index is 12.0. The number of rotatable bonds is 3. The molecule has 6 nitrogen and oxygen atoms in total. The Morgan fingerprint density at radius 3 is 2.86 bits per heavy atom. The van der Waals surface area contributed by atoms with Crippen molar-refractivity contribution >= 4 is 22.3 Å². The van der Waals surface area contributed by atoms with Crippen molar-refractivity contribution in [2.45, 2.75) is 20.5 Å². The highest BCUT2D eigenvalue weighted by Crippen LogP contribution is 2.14. The summed E-state index contributed by atoms with van der Waals surface area (Å²) in [6, 6.07) is 8.62. The van der Waals surface area contributed by atoms with Crippen molar-refractivity contribution in [3.63, 3.8) is 0 Å². The minimum absolute atomic E-state index is 0.0136. The Kier molecular flexibility index (Phi) is 3.72. The lowest BCUT2D eigenvalue weighted by molar-refractivity contribution is 0.0470. The Labute approximate surface area is 130 Å². The van der Waals surface area contributed by atoms with E-state index in [1.54, 1.807) is 19.1 Å². The molecule has 2 heterocycles. The van der Waals surface area contributed by atoms with Crippen LogP contribution in [0.3, 0.4) is 0 Å². The van der Waals surface area contributed by atoms with E-state index >= 15 is 0 Å². The molecule has 0 unspecified atom stereocenters. The van der Waals surface area contributed by atoms with Crippen LogP contribution in [0.2, 0.25) is 0 Å². The summed E-state index contributed by atoms with van der Waals surface area (Å²) in [4.78, 5) is 28.5. The van der Waals surface area contributed by atoms with Gasteiger partial charge in [0.15, 0.2) is 5.01 Å². The first-order valence-corrected chi connectivity index (χ1v) is 7.45. The minimum atomic E-state index is -0.408. The van der Waals surface area contributed by atoms with Crippen LogP contribution in [0.4, 0.5) is 0 Å². The van der Waals surface area contributed by atoms with E-state index in [9.17, 15) is 9.59 Å². The zero-order valence-electron chi connectivity index (χ0n) is 12.1. The second-order valence-electron chi connectivity index (χ2n) is 4.82. The van der Waals surface area contributed by atoms with Crippen LogP contribution in [-0.2, 0) is 11.3 Å². The third-order valence-electron chi connectivity index (χ3n) is 3.11. The summed E-state index contributed by atoms with van der Waals surface area (Å²) in [5.41, 5.74) is 1.77. The van der Waals surface area contributed by atoms with Gasteiger partial charge >= 0.3 is 5.97 Å². The standard InChI is InChI=1S/C15H13N3O3S/c1-9-5-3-4-6-11(9)14(20)21-8-12-17-18-13(19)7-10(2)16-15(18)22-12/h3-7H,8H2,1-2H3. The van der Waals surface area contributed by atoms with Gasteiger partial charge in [0.1, 0.15) is 6.61 Å². The van der Waals surface area contributed by atoms with Gasteiger partial charge in [-0.2, -0.15) is 9.61 Å². The van der Waals surface area contributed by atoms with Gasteiger partial charge in [-0.15, -0.1) is 0 Å². The lowest BCUT2D eigenvalue weighted by Crippen LogP contribution is -2.14. The number of aryl methyl sites for hydroxylation is 2. The van der Waals surface area contributed by atoms with E-state index in [-0.39, 0.29) is 12.2 Å². The summed E-state index contributed by atoms with van der Waals surface area (Å²) < 4.78 is 6.48. The van der Waals surface area contributed by atoms with Gasteiger partial charge in [0, 0.05) is 11.8 Å². The zero-order valence-corrected chi connectivity index (χ0v) is 12.9. The lowest BCUT2D eigenvalue weighted by Gasteiger charge is -2.04. The molecule has 7 heteroatoms. The van der Waals surface area contributed by atoms with Crippen molar-refractivity contribution in [2.24, 2.45) is 0 Å². The van der Waals surface area contributed by atoms with Gasteiger partial charge in [0.2, 0.25) is 4.96 Å². The fraction of sp³-hybridized carbons (Fsp3) is 0.200. The molecule has 22 heavy (non-hydrogen) atoms. The Balaban J connectivity index is 1.80. The average molecular weight is 315 g/mol. The predicted molar refractivity (Wildman–Crippen MR) is 82.2 cm³/mol. The summed E-state index contributed by atoms with van der Waals surface area (Å²) in [6.45, 7) is 3.61. The van der Waals surface area contributed by atoms with Gasteiger partial charge in [-0.1, -0.05) is 29.5 Å². The summed E-state index contributed by atoms with van der Waals surface area (Å²) in [5.74, 6) is -0.408. The van der Waals surface area contributed by atoms with Crippen LogP contribution >= 0.6 is 11.3 Å². The van der Waals surface area contributed by atoms with Crippen LogP contribution in [0.15, 0.2) is 35.1 Å². The molecule has 0 N–H and O–H groups in total. The molecule has 0 bridgehead atoms. The van der Waals surface area contributed by atoms with E-state index in [4.69, 9.17) is 4.74 Å². The molecule has 0 aliphatic rings. The third kappa shape index (κ3) is 2.75. The van der Waals surface area contributed by atoms with E-state index in [2.05, 4.69) is 10.1 Å². The molecule has 0 fully saturated rings. The molecule has 0 radical (unpaired) electrons. The first-order chi connectivity index (χ1) is 10.5. The van der Waals surface area contributed by atoms with Crippen molar-refractivity contribution in [2.75, 3.05) is 0 Å². The second-order valence-corrected chi connectivity index (χ2v) is 5.86. The number of ether oxygens (including phenoxy) is 1. The fourth-order valence-electron chi connectivity index (χ4n) is 2.03. The van der Waals surface area contributed by atoms with Gasteiger partial charge in [0.25, 0.3) is 5.56 Å². The number of benzene rings is 1. The average Bonchev–Trinajstić information content (AvgIpc) is 2.88. The highest BCUT2D eigenvalue weighted by Gasteiger charge is 2.13. The molecule has 0 amide bonds. The molecular weight excluding hydrogens is 302 g/mol. The SMILES string of the molecule is Cc1cc(=O)n2nc(COC(=O)c3ccccc3C)sc2n1. The van der Waals surface area contributed by atoms with Gasteiger partial charge in [0.05, 0.1) is 5.56 Å². The normalized spacial score (nSPS) is 10.8. The van der Waals surface area contributed by atoms with Crippen LogP contribution in [0.1, 0.15) is 26.6 Å². The monoisotopic (exact) mass is 315 g/mol. The molecule has 0 aliphatic heterocycles. The summed E-state index contributed by atoms with van der Waals surface area (Å²) in [7, 11) is 0. The van der Waals surface area contributed by atoms with Crippen molar-refractivity contribution in [1.29, 1.82) is 0 Å². The number of aromatic nitrogens is 3. The summed E-state index contributed by atoms with van der Waals surface area (Å²) in [5, 5.41) is 4.65. The smallest absolute Gasteiger partial charge is 0.338 e. The van der Waals surface area contributed by atoms with E-state index < -0.39 is 5.97 Å². The number of hydrogen-bond donors (Lipinski definition) is 0. The highest BCUT2D eigenvalue weighted by atomic mass is 32.1. The fourth-order valence-corrected chi connectivity index (χ4v) is 2.88. The number of carbonyl (C=O) groups is 1. The van der Waals surface area contributed by atoms with Crippen LogP contribution in [-0.4, -0.2) is 20.6 Å². The maximum atomic E-state index is 12.0. The lowest BCUT2D eigenvalue weighted by atomic mass is 10.1. The van der Waals surface area contributed by atoms with Gasteiger partial charge in [-0.3, -0.25) is 4.79 Å². The number of esters is 1. The zero-order chi connectivity index (χ0) is 15.7. The van der Waals surface area contributed by atoms with Crippen LogP contribution < -0.4 is 5.56 Å². The Hall–Kier alpha value is -2.54. The van der Waals surface area contributed by atoms with Crippen molar-refractivity contribution in [1.82, 2.24) is 14.6 Å². The first-order valence-electron chi connectivity index (χ1n) is 6.64. The number of fused-ring (bicyclic) bond motifs is 1. The van der Waals surface area contributed by atoms with Crippen LogP contribution in [0.5, 0.6) is 0 Å². The molecule has 0 aliphatic carbocycles. The molecule has 2 aromatic heterocycles. The van der Waals surface area contributed by atoms with Gasteiger partial charge in [-0.05, 0) is 25.5 Å². The molecule has 1 aromatic carbocycles. The second kappa shape index (κ2) is 5.69. The quantitative estimate of drug-likeness (QED) is 0.692. The minimum Gasteiger partial charge on any atom is -0.455 e. The van der Waals surface area contributed by atoms with Crippen LogP contribution in [0.25, 0.3) is 4.96 Å². The molecule has 3 aromatic rings. The topological polar surface area (TPSA) is 73.6 Å². The van der Waals surface area contributed by atoms with Crippen molar-refractivity contribution < 1.29 is 9.53 Å². The number of carbonyl (C=O) groups excluding carboxylic acids is 1. The molecular formula is C15H13N3O3S. The summed E-state index contributed by atoms with van der Waals surface area (Å²) >= 11 is 1.23. The summed E-state index contributed by atoms with van der Waals surface area (Å²) in [6.07, 6.45) is 0. The molecule has 0 saturated carbocycles. The van der Waals surface area contributed by atoms with Gasteiger partial charge in [-0.25, -0.2) is 9.78 Å². The Morgan fingerprint density at radius 2 is 2.09 bits per heavy atom. The van der Waals surface area contributed by atoms with E-state index in [1.807, 2.05) is 19.1 Å². The van der Waals surface area contributed by atoms with Crippen LogP contribution in [0, 0.1) is 13.8 Å². The molecule has 112 valence electrons. The molecule has 0 atom stereocenters. The van der Waals surface area contributed by atoms with E-state index in [1.165, 1.54) is 21.9 Å².